The third-order valence-corrected chi connectivity index (χ3v) is 5.26. The fourth-order valence-electron chi connectivity index (χ4n) is 3.91. The second kappa shape index (κ2) is 7.47. The molecule has 0 bridgehead atoms. The van der Waals surface area contributed by atoms with Crippen molar-refractivity contribution in [3.05, 3.63) is 41.1 Å². The number of nitriles is 1. The first-order valence-electron chi connectivity index (χ1n) is 9.33. The van der Waals surface area contributed by atoms with Crippen molar-refractivity contribution < 1.29 is 0 Å². The molecule has 2 aromatic heterocycles. The highest BCUT2D eigenvalue weighted by molar-refractivity contribution is 5.60. The van der Waals surface area contributed by atoms with Crippen LogP contribution in [0.1, 0.15) is 22.6 Å². The minimum Gasteiger partial charge on any atom is -0.363 e. The molecular formula is C19H24N8. The molecule has 140 valence electrons. The van der Waals surface area contributed by atoms with Crippen molar-refractivity contribution in [3.8, 4) is 6.07 Å². The predicted molar refractivity (Wildman–Crippen MR) is 104 cm³/mol. The average Bonchev–Trinajstić information content (AvgIpc) is 2.72. The number of hydrogen-bond acceptors (Lipinski definition) is 8. The van der Waals surface area contributed by atoms with Gasteiger partial charge in [0.1, 0.15) is 17.7 Å². The lowest BCUT2D eigenvalue weighted by Crippen LogP contribution is -2.54. The van der Waals surface area contributed by atoms with Crippen LogP contribution in [0.15, 0.2) is 18.5 Å². The molecule has 1 unspecified atom stereocenters. The Morgan fingerprint density at radius 2 is 2.22 bits per heavy atom. The lowest BCUT2D eigenvalue weighted by molar-refractivity contribution is 0.459. The van der Waals surface area contributed by atoms with E-state index < -0.39 is 0 Å². The van der Waals surface area contributed by atoms with Crippen LogP contribution >= 0.6 is 0 Å². The largest absolute Gasteiger partial charge is 0.363 e. The number of hydrogen-bond donors (Lipinski definition) is 2. The van der Waals surface area contributed by atoms with Gasteiger partial charge in [-0.2, -0.15) is 5.26 Å². The molecule has 1 atom stereocenters. The summed E-state index contributed by atoms with van der Waals surface area (Å²) in [6.07, 6.45) is 4.27. The number of nitrogens with zero attached hydrogens (tertiary/aromatic N) is 6. The number of anilines is 2. The first kappa shape index (κ1) is 17.6. The predicted octanol–water partition coefficient (Wildman–Crippen LogP) is 0.351. The van der Waals surface area contributed by atoms with Gasteiger partial charge in [0.05, 0.1) is 29.7 Å². The van der Waals surface area contributed by atoms with Crippen molar-refractivity contribution in [1.82, 2.24) is 20.3 Å². The smallest absolute Gasteiger partial charge is 0.135 e. The summed E-state index contributed by atoms with van der Waals surface area (Å²) in [5, 5.41) is 12.8. The van der Waals surface area contributed by atoms with Gasteiger partial charge in [-0.25, -0.2) is 9.97 Å². The highest BCUT2D eigenvalue weighted by Gasteiger charge is 2.28. The third kappa shape index (κ3) is 3.44. The maximum absolute atomic E-state index is 9.40. The Kier molecular flexibility index (Phi) is 4.88. The molecule has 4 heterocycles. The Morgan fingerprint density at radius 1 is 1.33 bits per heavy atom. The fourth-order valence-corrected chi connectivity index (χ4v) is 3.91. The number of rotatable bonds is 3. The summed E-state index contributed by atoms with van der Waals surface area (Å²) in [4.78, 5) is 18.2. The van der Waals surface area contributed by atoms with Crippen LogP contribution in [-0.4, -0.2) is 53.7 Å². The topological polar surface area (TPSA) is 107 Å². The summed E-state index contributed by atoms with van der Waals surface area (Å²) >= 11 is 0. The Hall–Kier alpha value is -2.76. The maximum Gasteiger partial charge on any atom is 0.135 e. The van der Waals surface area contributed by atoms with E-state index in [9.17, 15) is 5.26 Å². The molecule has 0 radical (unpaired) electrons. The van der Waals surface area contributed by atoms with Gasteiger partial charge in [0.15, 0.2) is 0 Å². The standard InChI is InChI=1S/C19H24N8/c1-13-24-17-12-26(18-10-22-4-2-14(18)8-20)6-3-16(17)19(25-13)27-7-5-23-15(9-21)11-27/h2,4,10,15,23H,3,5-7,9,11-12,21H2,1H3. The van der Waals surface area contributed by atoms with Gasteiger partial charge in [-0.05, 0) is 19.4 Å². The van der Waals surface area contributed by atoms with E-state index in [4.69, 9.17) is 15.7 Å². The van der Waals surface area contributed by atoms with E-state index in [1.165, 1.54) is 5.56 Å². The number of pyridine rings is 1. The summed E-state index contributed by atoms with van der Waals surface area (Å²) in [7, 11) is 0. The lowest BCUT2D eigenvalue weighted by Gasteiger charge is -2.37. The molecule has 2 aliphatic heterocycles. The van der Waals surface area contributed by atoms with E-state index in [1.54, 1.807) is 18.5 Å². The molecule has 2 aromatic rings. The van der Waals surface area contributed by atoms with Crippen molar-refractivity contribution in [3.63, 3.8) is 0 Å². The van der Waals surface area contributed by atoms with Crippen LogP contribution in [0.5, 0.6) is 0 Å². The Labute approximate surface area is 159 Å². The summed E-state index contributed by atoms with van der Waals surface area (Å²) in [5.74, 6) is 1.82. The average molecular weight is 364 g/mol. The van der Waals surface area contributed by atoms with Gasteiger partial charge in [0.2, 0.25) is 0 Å². The zero-order chi connectivity index (χ0) is 18.8. The monoisotopic (exact) mass is 364 g/mol. The van der Waals surface area contributed by atoms with Crippen LogP contribution in [0.4, 0.5) is 11.5 Å². The second-order valence-corrected chi connectivity index (χ2v) is 7.03. The van der Waals surface area contributed by atoms with Gasteiger partial charge in [0, 0.05) is 50.5 Å². The number of aryl methyl sites for hydroxylation is 1. The zero-order valence-corrected chi connectivity index (χ0v) is 15.5. The van der Waals surface area contributed by atoms with Crippen molar-refractivity contribution in [2.45, 2.75) is 25.9 Å². The van der Waals surface area contributed by atoms with E-state index in [1.807, 2.05) is 6.92 Å². The van der Waals surface area contributed by atoms with Crippen molar-refractivity contribution >= 4 is 11.5 Å². The van der Waals surface area contributed by atoms with E-state index in [0.717, 1.165) is 55.6 Å². The number of nitrogens with one attached hydrogen (secondary N) is 1. The van der Waals surface area contributed by atoms with Gasteiger partial charge >= 0.3 is 0 Å². The summed E-state index contributed by atoms with van der Waals surface area (Å²) < 4.78 is 0. The molecule has 4 rings (SSSR count). The molecule has 0 spiro atoms. The van der Waals surface area contributed by atoms with Gasteiger partial charge in [-0.1, -0.05) is 0 Å². The molecule has 0 aliphatic carbocycles. The number of nitrogens with two attached hydrogens (primary N) is 1. The van der Waals surface area contributed by atoms with Gasteiger partial charge in [-0.3, -0.25) is 4.98 Å². The minimum absolute atomic E-state index is 0.290. The lowest BCUT2D eigenvalue weighted by atomic mass is 10.0. The van der Waals surface area contributed by atoms with E-state index >= 15 is 0 Å². The molecular weight excluding hydrogens is 340 g/mol. The van der Waals surface area contributed by atoms with E-state index in [0.29, 0.717) is 24.7 Å². The van der Waals surface area contributed by atoms with Crippen molar-refractivity contribution in [2.24, 2.45) is 5.73 Å². The highest BCUT2D eigenvalue weighted by Crippen LogP contribution is 2.30. The van der Waals surface area contributed by atoms with E-state index in [-0.39, 0.29) is 0 Å². The summed E-state index contributed by atoms with van der Waals surface area (Å²) in [5.41, 5.74) is 9.64. The van der Waals surface area contributed by atoms with Gasteiger partial charge < -0.3 is 20.9 Å². The molecule has 0 aromatic carbocycles. The first-order valence-corrected chi connectivity index (χ1v) is 9.33. The zero-order valence-electron chi connectivity index (χ0n) is 15.5. The molecule has 1 fully saturated rings. The molecule has 0 amide bonds. The normalized spacial score (nSPS) is 19.5. The number of fused-ring (bicyclic) bond motifs is 1. The Bertz CT molecular complexity index is 874. The van der Waals surface area contributed by atoms with Crippen LogP contribution in [-0.2, 0) is 13.0 Å². The van der Waals surface area contributed by atoms with Gasteiger partial charge in [-0.15, -0.1) is 0 Å². The third-order valence-electron chi connectivity index (χ3n) is 5.26. The number of piperazine rings is 1. The molecule has 3 N–H and O–H groups in total. The summed E-state index contributed by atoms with van der Waals surface area (Å²) in [6, 6.07) is 4.31. The van der Waals surface area contributed by atoms with Crippen LogP contribution in [0.3, 0.4) is 0 Å². The van der Waals surface area contributed by atoms with Crippen LogP contribution in [0.2, 0.25) is 0 Å². The molecule has 1 saturated heterocycles. The van der Waals surface area contributed by atoms with Crippen molar-refractivity contribution in [2.75, 3.05) is 42.5 Å². The minimum atomic E-state index is 0.290. The van der Waals surface area contributed by atoms with Crippen molar-refractivity contribution in [1.29, 1.82) is 5.26 Å². The van der Waals surface area contributed by atoms with Crippen LogP contribution in [0, 0.1) is 18.3 Å². The van der Waals surface area contributed by atoms with Gasteiger partial charge in [0.25, 0.3) is 0 Å². The van der Waals surface area contributed by atoms with E-state index in [2.05, 4.69) is 26.2 Å². The SMILES string of the molecule is Cc1nc2c(c(N3CCNC(CN)C3)n1)CCN(c1cnccc1C#N)C2. The Morgan fingerprint density at radius 3 is 3.04 bits per heavy atom. The molecule has 8 nitrogen and oxygen atoms in total. The molecule has 0 saturated carbocycles. The first-order chi connectivity index (χ1) is 13.2. The highest BCUT2D eigenvalue weighted by atomic mass is 15.3. The quantitative estimate of drug-likeness (QED) is 0.803. The second-order valence-electron chi connectivity index (χ2n) is 7.03. The van der Waals surface area contributed by atoms with Crippen LogP contribution in [0.25, 0.3) is 0 Å². The Balaban J connectivity index is 1.65. The number of aromatic nitrogens is 3. The maximum atomic E-state index is 9.40. The molecule has 8 heteroatoms. The molecule has 2 aliphatic rings. The molecule has 27 heavy (non-hydrogen) atoms. The summed E-state index contributed by atoms with van der Waals surface area (Å²) in [6.45, 7) is 6.74. The van der Waals surface area contributed by atoms with Crippen LogP contribution < -0.4 is 20.9 Å². The fraction of sp³-hybridized carbons (Fsp3) is 0.474.